The monoisotopic (exact) mass is 288 g/mol. The van der Waals surface area contributed by atoms with Gasteiger partial charge in [-0.1, -0.05) is 12.1 Å². The van der Waals surface area contributed by atoms with Gasteiger partial charge in [0.15, 0.2) is 0 Å². The fraction of sp³-hybridized carbons (Fsp3) is 0.294. The lowest BCUT2D eigenvalue weighted by Crippen LogP contribution is -2.20. The van der Waals surface area contributed by atoms with Crippen molar-refractivity contribution in [2.75, 3.05) is 19.1 Å². The van der Waals surface area contributed by atoms with Crippen molar-refractivity contribution >= 4 is 5.69 Å². The first-order valence-corrected chi connectivity index (χ1v) is 6.90. The number of hydrogen-bond acceptors (Lipinski definition) is 3. The molecule has 0 spiro atoms. The SMILES string of the molecule is COc1cccc(CN(C)c2ccc(F)cc2C(C)N)c1. The predicted molar refractivity (Wildman–Crippen MR) is 84.1 cm³/mol. The normalized spacial score (nSPS) is 12.0. The average molecular weight is 288 g/mol. The highest BCUT2D eigenvalue weighted by molar-refractivity contribution is 5.55. The van der Waals surface area contributed by atoms with Gasteiger partial charge in [0.25, 0.3) is 0 Å². The molecule has 0 fully saturated rings. The molecule has 1 unspecified atom stereocenters. The van der Waals surface area contributed by atoms with E-state index in [1.54, 1.807) is 13.2 Å². The molecule has 0 heterocycles. The lowest BCUT2D eigenvalue weighted by molar-refractivity contribution is 0.414. The predicted octanol–water partition coefficient (Wildman–Crippen LogP) is 3.49. The van der Waals surface area contributed by atoms with E-state index < -0.39 is 0 Å². The van der Waals surface area contributed by atoms with Gasteiger partial charge in [0.05, 0.1) is 7.11 Å². The minimum atomic E-state index is -0.263. The van der Waals surface area contributed by atoms with Gasteiger partial charge in [-0.25, -0.2) is 4.39 Å². The molecular weight excluding hydrogens is 267 g/mol. The minimum absolute atomic E-state index is 0.219. The van der Waals surface area contributed by atoms with Crippen LogP contribution < -0.4 is 15.4 Å². The maximum absolute atomic E-state index is 13.4. The van der Waals surface area contributed by atoms with Gasteiger partial charge in [-0.2, -0.15) is 0 Å². The van der Waals surface area contributed by atoms with Crippen LogP contribution in [-0.4, -0.2) is 14.2 Å². The number of nitrogens with zero attached hydrogens (tertiary/aromatic N) is 1. The van der Waals surface area contributed by atoms with Gasteiger partial charge in [0.1, 0.15) is 11.6 Å². The van der Waals surface area contributed by atoms with Crippen molar-refractivity contribution in [1.82, 2.24) is 0 Å². The number of halogens is 1. The Kier molecular flexibility index (Phi) is 4.81. The molecule has 112 valence electrons. The molecule has 2 rings (SSSR count). The van der Waals surface area contributed by atoms with Gasteiger partial charge in [-0.05, 0) is 48.4 Å². The van der Waals surface area contributed by atoms with Gasteiger partial charge in [0.2, 0.25) is 0 Å². The molecule has 2 N–H and O–H groups in total. The number of hydrogen-bond donors (Lipinski definition) is 1. The van der Waals surface area contributed by atoms with E-state index in [-0.39, 0.29) is 11.9 Å². The third-order valence-corrected chi connectivity index (χ3v) is 3.45. The van der Waals surface area contributed by atoms with Crippen LogP contribution in [0.2, 0.25) is 0 Å². The molecule has 0 aliphatic carbocycles. The Morgan fingerprint density at radius 3 is 2.67 bits per heavy atom. The molecule has 1 atom stereocenters. The zero-order chi connectivity index (χ0) is 15.4. The summed E-state index contributed by atoms with van der Waals surface area (Å²) in [6.07, 6.45) is 0. The molecule has 0 aliphatic heterocycles. The molecular formula is C17H21FN2O. The molecule has 0 radical (unpaired) electrons. The summed E-state index contributed by atoms with van der Waals surface area (Å²) in [6.45, 7) is 2.56. The van der Waals surface area contributed by atoms with E-state index in [9.17, 15) is 4.39 Å². The topological polar surface area (TPSA) is 38.5 Å². The molecule has 3 nitrogen and oxygen atoms in total. The minimum Gasteiger partial charge on any atom is -0.497 e. The Balaban J connectivity index is 2.25. The zero-order valence-corrected chi connectivity index (χ0v) is 12.6. The summed E-state index contributed by atoms with van der Waals surface area (Å²) in [6, 6.07) is 12.4. The first-order valence-electron chi connectivity index (χ1n) is 6.90. The van der Waals surface area contributed by atoms with Gasteiger partial charge in [0, 0.05) is 25.3 Å². The molecule has 0 bridgehead atoms. The zero-order valence-electron chi connectivity index (χ0n) is 12.6. The number of rotatable bonds is 5. The summed E-state index contributed by atoms with van der Waals surface area (Å²) in [4.78, 5) is 2.06. The fourth-order valence-electron chi connectivity index (χ4n) is 2.37. The van der Waals surface area contributed by atoms with Crippen LogP contribution in [0.5, 0.6) is 5.75 Å². The molecule has 0 amide bonds. The molecule has 2 aromatic rings. The summed E-state index contributed by atoms with van der Waals surface area (Å²) in [5, 5.41) is 0. The van der Waals surface area contributed by atoms with Crippen LogP contribution in [0.4, 0.5) is 10.1 Å². The van der Waals surface area contributed by atoms with Crippen molar-refractivity contribution in [2.45, 2.75) is 19.5 Å². The van der Waals surface area contributed by atoms with Gasteiger partial charge >= 0.3 is 0 Å². The van der Waals surface area contributed by atoms with Gasteiger partial charge in [-0.3, -0.25) is 0 Å². The van der Waals surface area contributed by atoms with Crippen LogP contribution in [0, 0.1) is 5.82 Å². The van der Waals surface area contributed by atoms with E-state index in [4.69, 9.17) is 10.5 Å². The number of methoxy groups -OCH3 is 1. The van der Waals surface area contributed by atoms with E-state index in [0.717, 1.165) is 22.6 Å². The lowest BCUT2D eigenvalue weighted by atomic mass is 10.1. The number of anilines is 1. The maximum Gasteiger partial charge on any atom is 0.123 e. The number of nitrogens with two attached hydrogens (primary N) is 1. The second-order valence-corrected chi connectivity index (χ2v) is 5.20. The summed E-state index contributed by atoms with van der Waals surface area (Å²) >= 11 is 0. The highest BCUT2D eigenvalue weighted by Gasteiger charge is 2.12. The Bertz CT molecular complexity index is 613. The Labute approximate surface area is 125 Å². The second-order valence-electron chi connectivity index (χ2n) is 5.20. The Morgan fingerprint density at radius 1 is 1.24 bits per heavy atom. The Morgan fingerprint density at radius 2 is 2.00 bits per heavy atom. The van der Waals surface area contributed by atoms with Crippen LogP contribution in [0.15, 0.2) is 42.5 Å². The molecule has 0 saturated carbocycles. The van der Waals surface area contributed by atoms with Crippen LogP contribution in [-0.2, 0) is 6.54 Å². The Hall–Kier alpha value is -2.07. The van der Waals surface area contributed by atoms with Crippen molar-refractivity contribution in [3.8, 4) is 5.75 Å². The smallest absolute Gasteiger partial charge is 0.123 e. The van der Waals surface area contributed by atoms with Crippen LogP contribution in [0.3, 0.4) is 0 Å². The molecule has 0 saturated heterocycles. The first kappa shape index (κ1) is 15.3. The second kappa shape index (κ2) is 6.59. The van der Waals surface area contributed by atoms with E-state index in [1.165, 1.54) is 12.1 Å². The molecule has 2 aromatic carbocycles. The van der Waals surface area contributed by atoms with Crippen LogP contribution in [0.25, 0.3) is 0 Å². The van der Waals surface area contributed by atoms with Crippen molar-refractivity contribution in [2.24, 2.45) is 5.73 Å². The van der Waals surface area contributed by atoms with E-state index in [2.05, 4.69) is 4.90 Å². The fourth-order valence-corrected chi connectivity index (χ4v) is 2.37. The highest BCUT2D eigenvalue weighted by Crippen LogP contribution is 2.27. The van der Waals surface area contributed by atoms with E-state index >= 15 is 0 Å². The van der Waals surface area contributed by atoms with Crippen molar-refractivity contribution in [3.63, 3.8) is 0 Å². The highest BCUT2D eigenvalue weighted by atomic mass is 19.1. The third kappa shape index (κ3) is 3.73. The quantitative estimate of drug-likeness (QED) is 0.915. The lowest BCUT2D eigenvalue weighted by Gasteiger charge is -2.24. The van der Waals surface area contributed by atoms with E-state index in [0.29, 0.717) is 6.54 Å². The maximum atomic E-state index is 13.4. The van der Waals surface area contributed by atoms with Crippen molar-refractivity contribution < 1.29 is 9.13 Å². The largest absolute Gasteiger partial charge is 0.497 e. The number of benzene rings is 2. The van der Waals surface area contributed by atoms with Gasteiger partial charge < -0.3 is 15.4 Å². The van der Waals surface area contributed by atoms with Gasteiger partial charge in [-0.15, -0.1) is 0 Å². The number of ether oxygens (including phenoxy) is 1. The van der Waals surface area contributed by atoms with Crippen molar-refractivity contribution in [3.05, 3.63) is 59.4 Å². The van der Waals surface area contributed by atoms with Crippen molar-refractivity contribution in [1.29, 1.82) is 0 Å². The third-order valence-electron chi connectivity index (χ3n) is 3.45. The van der Waals surface area contributed by atoms with E-state index in [1.807, 2.05) is 38.2 Å². The summed E-state index contributed by atoms with van der Waals surface area (Å²) in [5.41, 5.74) is 8.81. The average Bonchev–Trinajstić information content (AvgIpc) is 2.47. The van der Waals surface area contributed by atoms with Crippen LogP contribution in [0.1, 0.15) is 24.1 Å². The summed E-state index contributed by atoms with van der Waals surface area (Å²) in [7, 11) is 3.62. The standard InChI is InChI=1S/C17H21FN2O/c1-12(19)16-10-14(18)7-8-17(16)20(2)11-13-5-4-6-15(9-13)21-3/h4-10,12H,11,19H2,1-3H3. The molecule has 0 aliphatic rings. The molecule has 4 heteroatoms. The molecule has 21 heavy (non-hydrogen) atoms. The van der Waals surface area contributed by atoms with Crippen LogP contribution >= 0.6 is 0 Å². The molecule has 0 aromatic heterocycles. The summed E-state index contributed by atoms with van der Waals surface area (Å²) in [5.74, 6) is 0.563. The first-order chi connectivity index (χ1) is 10.0. The summed E-state index contributed by atoms with van der Waals surface area (Å²) < 4.78 is 18.6.